The van der Waals surface area contributed by atoms with Crippen LogP contribution in [-0.2, 0) is 14.3 Å². The molecule has 0 bridgehead atoms. The third kappa shape index (κ3) is 7.02. The molecule has 0 saturated heterocycles. The zero-order chi connectivity index (χ0) is 24.3. The van der Waals surface area contributed by atoms with Crippen LogP contribution in [0.15, 0.2) is 12.1 Å². The number of carbonyl (C=O) groups is 3. The van der Waals surface area contributed by atoms with E-state index in [-0.39, 0.29) is 47.9 Å². The molecular formula is C23H33ClN2O6. The first kappa shape index (κ1) is 25.8. The molecular weight excluding hydrogens is 436 g/mol. The Morgan fingerprint density at radius 2 is 1.88 bits per heavy atom. The second kappa shape index (κ2) is 9.98. The molecule has 0 spiro atoms. The fourth-order valence-corrected chi connectivity index (χ4v) is 3.45. The minimum Gasteiger partial charge on any atom is -0.486 e. The third-order valence-corrected chi connectivity index (χ3v) is 4.82. The molecule has 2 amide bonds. The van der Waals surface area contributed by atoms with E-state index in [2.05, 4.69) is 5.32 Å². The molecule has 1 heterocycles. The van der Waals surface area contributed by atoms with Crippen molar-refractivity contribution in [2.24, 2.45) is 5.41 Å². The van der Waals surface area contributed by atoms with Crippen LogP contribution in [-0.4, -0.2) is 49.4 Å². The Balaban J connectivity index is 2.27. The minimum absolute atomic E-state index is 0.161. The summed E-state index contributed by atoms with van der Waals surface area (Å²) >= 11 is 6.28. The smallest absolute Gasteiger partial charge is 0.415 e. The first-order valence-electron chi connectivity index (χ1n) is 10.7. The van der Waals surface area contributed by atoms with Gasteiger partial charge in [-0.3, -0.25) is 14.5 Å². The van der Waals surface area contributed by atoms with Crippen molar-refractivity contribution in [2.75, 3.05) is 24.6 Å². The van der Waals surface area contributed by atoms with Crippen LogP contribution >= 0.6 is 11.6 Å². The number of benzene rings is 1. The first-order valence-corrected chi connectivity index (χ1v) is 11.0. The van der Waals surface area contributed by atoms with Crippen molar-refractivity contribution in [1.82, 2.24) is 5.32 Å². The standard InChI is InChI=1S/C23H33ClN2O6/c1-8-30-18(27)11-23(6,7)13-25-20(28)16-9-15(24)10-17-19(16)31-14(2)12-26(17)21(29)32-22(3,4)5/h9-10,14H,8,11-13H2,1-7H3,(H,25,28). The van der Waals surface area contributed by atoms with Crippen molar-refractivity contribution in [2.45, 2.75) is 66.6 Å². The number of rotatable bonds is 6. The molecule has 1 atom stereocenters. The zero-order valence-electron chi connectivity index (χ0n) is 19.8. The number of nitrogens with zero attached hydrogens (tertiary/aromatic N) is 1. The maximum atomic E-state index is 13.0. The quantitative estimate of drug-likeness (QED) is 0.614. The van der Waals surface area contributed by atoms with Crippen LogP contribution in [0.25, 0.3) is 0 Å². The van der Waals surface area contributed by atoms with Gasteiger partial charge in [0, 0.05) is 11.6 Å². The van der Waals surface area contributed by atoms with E-state index < -0.39 is 23.0 Å². The van der Waals surface area contributed by atoms with Gasteiger partial charge in [-0.1, -0.05) is 25.4 Å². The molecule has 1 N–H and O–H groups in total. The maximum Gasteiger partial charge on any atom is 0.415 e. The van der Waals surface area contributed by atoms with Crippen LogP contribution in [0.1, 0.15) is 65.2 Å². The van der Waals surface area contributed by atoms with E-state index in [1.54, 1.807) is 40.7 Å². The number of carbonyl (C=O) groups excluding carboxylic acids is 3. The average molecular weight is 469 g/mol. The van der Waals surface area contributed by atoms with E-state index in [9.17, 15) is 14.4 Å². The van der Waals surface area contributed by atoms with Crippen LogP contribution < -0.4 is 15.0 Å². The van der Waals surface area contributed by atoms with Crippen LogP contribution in [0.3, 0.4) is 0 Å². The number of amides is 2. The molecule has 1 aliphatic heterocycles. The molecule has 0 saturated carbocycles. The summed E-state index contributed by atoms with van der Waals surface area (Å²) in [5, 5.41) is 3.12. The molecule has 9 heteroatoms. The van der Waals surface area contributed by atoms with Crippen LogP contribution in [0.2, 0.25) is 5.02 Å². The summed E-state index contributed by atoms with van der Waals surface area (Å²) in [5.41, 5.74) is -0.611. The van der Waals surface area contributed by atoms with E-state index in [4.69, 9.17) is 25.8 Å². The summed E-state index contributed by atoms with van der Waals surface area (Å²) in [4.78, 5) is 39.1. The number of ether oxygens (including phenoxy) is 3. The van der Waals surface area contributed by atoms with Gasteiger partial charge in [0.05, 0.1) is 30.8 Å². The van der Waals surface area contributed by atoms with E-state index >= 15 is 0 Å². The number of hydrogen-bond acceptors (Lipinski definition) is 6. The molecule has 1 aliphatic rings. The molecule has 1 aromatic rings. The maximum absolute atomic E-state index is 13.0. The highest BCUT2D eigenvalue weighted by Crippen LogP contribution is 2.40. The van der Waals surface area contributed by atoms with E-state index in [1.165, 1.54) is 11.0 Å². The molecule has 32 heavy (non-hydrogen) atoms. The van der Waals surface area contributed by atoms with Crippen LogP contribution in [0.5, 0.6) is 5.75 Å². The van der Waals surface area contributed by atoms with Gasteiger partial charge in [-0.25, -0.2) is 4.79 Å². The molecule has 0 radical (unpaired) electrons. The topological polar surface area (TPSA) is 94.2 Å². The van der Waals surface area contributed by atoms with Crippen molar-refractivity contribution < 1.29 is 28.6 Å². The van der Waals surface area contributed by atoms with Gasteiger partial charge in [0.25, 0.3) is 5.91 Å². The zero-order valence-corrected chi connectivity index (χ0v) is 20.6. The number of hydrogen-bond donors (Lipinski definition) is 1. The predicted molar refractivity (Wildman–Crippen MR) is 122 cm³/mol. The summed E-state index contributed by atoms with van der Waals surface area (Å²) < 4.78 is 16.5. The number of nitrogens with one attached hydrogen (secondary N) is 1. The van der Waals surface area contributed by atoms with E-state index in [1.807, 2.05) is 13.8 Å². The van der Waals surface area contributed by atoms with Crippen molar-refractivity contribution in [3.63, 3.8) is 0 Å². The molecule has 1 unspecified atom stereocenters. The Morgan fingerprint density at radius 1 is 1.22 bits per heavy atom. The minimum atomic E-state index is -0.678. The highest BCUT2D eigenvalue weighted by atomic mass is 35.5. The lowest BCUT2D eigenvalue weighted by molar-refractivity contribution is -0.145. The fraction of sp³-hybridized carbons (Fsp3) is 0.609. The number of esters is 1. The van der Waals surface area contributed by atoms with Crippen molar-refractivity contribution in [3.05, 3.63) is 22.7 Å². The van der Waals surface area contributed by atoms with Crippen molar-refractivity contribution in [1.29, 1.82) is 0 Å². The van der Waals surface area contributed by atoms with Gasteiger partial charge < -0.3 is 19.5 Å². The molecule has 0 aliphatic carbocycles. The van der Waals surface area contributed by atoms with Crippen LogP contribution in [0.4, 0.5) is 10.5 Å². The Kier molecular flexibility index (Phi) is 8.04. The second-order valence-corrected chi connectivity index (χ2v) is 10.1. The highest BCUT2D eigenvalue weighted by molar-refractivity contribution is 6.31. The van der Waals surface area contributed by atoms with Crippen molar-refractivity contribution in [3.8, 4) is 5.75 Å². The lowest BCUT2D eigenvalue weighted by atomic mass is 9.89. The van der Waals surface area contributed by atoms with Gasteiger partial charge in [-0.2, -0.15) is 0 Å². The molecule has 1 aromatic carbocycles. The summed E-state index contributed by atoms with van der Waals surface area (Å²) in [7, 11) is 0. The lowest BCUT2D eigenvalue weighted by Crippen LogP contribution is -2.45. The molecule has 0 fully saturated rings. The molecule has 8 nitrogen and oxygen atoms in total. The predicted octanol–water partition coefficient (Wildman–Crippen LogP) is 4.57. The summed E-state index contributed by atoms with van der Waals surface area (Å²) in [6.07, 6.45) is -0.740. The van der Waals surface area contributed by atoms with Gasteiger partial charge >= 0.3 is 12.1 Å². The van der Waals surface area contributed by atoms with Crippen molar-refractivity contribution >= 4 is 35.3 Å². The normalized spacial score (nSPS) is 16.0. The Hall–Kier alpha value is -2.48. The van der Waals surface area contributed by atoms with Gasteiger partial charge in [-0.05, 0) is 52.2 Å². The number of anilines is 1. The highest BCUT2D eigenvalue weighted by Gasteiger charge is 2.34. The largest absolute Gasteiger partial charge is 0.486 e. The number of halogens is 1. The Labute approximate surface area is 194 Å². The van der Waals surface area contributed by atoms with E-state index in [0.29, 0.717) is 12.3 Å². The average Bonchev–Trinajstić information content (AvgIpc) is 2.63. The number of fused-ring (bicyclic) bond motifs is 1. The van der Waals surface area contributed by atoms with Crippen LogP contribution in [0, 0.1) is 5.41 Å². The Morgan fingerprint density at radius 3 is 2.47 bits per heavy atom. The fourth-order valence-electron chi connectivity index (χ4n) is 3.24. The second-order valence-electron chi connectivity index (χ2n) is 9.65. The van der Waals surface area contributed by atoms with Gasteiger partial charge in [0.15, 0.2) is 5.75 Å². The SMILES string of the molecule is CCOC(=O)CC(C)(C)CNC(=O)c1cc(Cl)cc2c1OC(C)CN2C(=O)OC(C)(C)C. The third-order valence-electron chi connectivity index (χ3n) is 4.60. The molecule has 0 aromatic heterocycles. The molecule has 178 valence electrons. The van der Waals surface area contributed by atoms with Gasteiger partial charge in [-0.15, -0.1) is 0 Å². The Bertz CT molecular complexity index is 878. The van der Waals surface area contributed by atoms with Gasteiger partial charge in [0.2, 0.25) is 0 Å². The summed E-state index contributed by atoms with van der Waals surface area (Å²) in [5.74, 6) is -0.476. The first-order chi connectivity index (χ1) is 14.7. The summed E-state index contributed by atoms with van der Waals surface area (Å²) in [6, 6.07) is 3.08. The molecule has 2 rings (SSSR count). The lowest BCUT2D eigenvalue weighted by Gasteiger charge is -2.35. The summed E-state index contributed by atoms with van der Waals surface area (Å²) in [6.45, 7) is 13.4. The van der Waals surface area contributed by atoms with Gasteiger partial charge in [0.1, 0.15) is 11.7 Å². The van der Waals surface area contributed by atoms with E-state index in [0.717, 1.165) is 0 Å². The monoisotopic (exact) mass is 468 g/mol.